The van der Waals surface area contributed by atoms with Gasteiger partial charge in [-0.25, -0.2) is 14.0 Å². The van der Waals surface area contributed by atoms with Crippen LogP contribution in [0.25, 0.3) is 5.69 Å². The van der Waals surface area contributed by atoms with E-state index in [1.54, 1.807) is 6.92 Å². The number of benzene rings is 1. The second-order valence-electron chi connectivity index (χ2n) is 5.32. The topological polar surface area (TPSA) is 77.1 Å². The summed E-state index contributed by atoms with van der Waals surface area (Å²) in [7, 11) is 0. The number of aldehydes is 1. The van der Waals surface area contributed by atoms with Crippen LogP contribution in [0.3, 0.4) is 0 Å². The highest BCUT2D eigenvalue weighted by molar-refractivity contribution is 5.50. The van der Waals surface area contributed by atoms with Crippen molar-refractivity contribution in [3.8, 4) is 5.69 Å². The molecule has 0 saturated carbocycles. The van der Waals surface area contributed by atoms with Gasteiger partial charge in [-0.15, -0.1) is 0 Å². The molecule has 0 amide bonds. The summed E-state index contributed by atoms with van der Waals surface area (Å²) in [4.78, 5) is 22.8. The van der Waals surface area contributed by atoms with Gasteiger partial charge < -0.3 is 9.90 Å². The third-order valence-electron chi connectivity index (χ3n) is 3.75. The fourth-order valence-electron chi connectivity index (χ4n) is 2.49. The van der Waals surface area contributed by atoms with Crippen LogP contribution in [0.4, 0.5) is 0 Å². The number of aliphatic hydroxyl groups is 1. The lowest BCUT2D eigenvalue weighted by molar-refractivity contribution is -0.107. The van der Waals surface area contributed by atoms with Gasteiger partial charge in [0.15, 0.2) is 0 Å². The molecule has 0 aliphatic rings. The van der Waals surface area contributed by atoms with Crippen LogP contribution in [0.2, 0.25) is 0 Å². The number of aryl methyl sites for hydroxylation is 1. The van der Waals surface area contributed by atoms with Crippen LogP contribution in [-0.2, 0) is 11.2 Å². The molecule has 2 atom stereocenters. The highest BCUT2D eigenvalue weighted by atomic mass is 16.3. The molecule has 1 N–H and O–H groups in total. The number of hydrogen-bond acceptors (Lipinski definition) is 4. The van der Waals surface area contributed by atoms with Gasteiger partial charge in [-0.05, 0) is 37.5 Å². The summed E-state index contributed by atoms with van der Waals surface area (Å²) >= 11 is 0. The summed E-state index contributed by atoms with van der Waals surface area (Å²) in [5.74, 6) is 0. The first-order valence-corrected chi connectivity index (χ1v) is 7.45. The van der Waals surface area contributed by atoms with Gasteiger partial charge in [-0.1, -0.05) is 19.1 Å². The van der Waals surface area contributed by atoms with E-state index < -0.39 is 6.10 Å². The number of carbonyl (C=O) groups excluding carboxylic acids is 1. The van der Waals surface area contributed by atoms with Gasteiger partial charge in [0.25, 0.3) is 0 Å². The van der Waals surface area contributed by atoms with Crippen molar-refractivity contribution in [2.45, 2.75) is 45.3 Å². The van der Waals surface area contributed by atoms with E-state index in [9.17, 15) is 14.7 Å². The van der Waals surface area contributed by atoms with Crippen LogP contribution < -0.4 is 5.69 Å². The SMILES string of the molecule is CCC(C(C)O)n1ncn(-c2ccc(CCC=O)cc2)c1=O. The van der Waals surface area contributed by atoms with E-state index >= 15 is 0 Å². The monoisotopic (exact) mass is 303 g/mol. The second-order valence-corrected chi connectivity index (χ2v) is 5.32. The molecule has 1 aromatic heterocycles. The molecule has 1 heterocycles. The molecule has 0 aliphatic carbocycles. The van der Waals surface area contributed by atoms with E-state index in [-0.39, 0.29) is 11.7 Å². The largest absolute Gasteiger partial charge is 0.391 e. The molecule has 2 aromatic rings. The van der Waals surface area contributed by atoms with Crippen molar-refractivity contribution >= 4 is 6.29 Å². The minimum absolute atomic E-state index is 0.270. The zero-order valence-corrected chi connectivity index (χ0v) is 12.8. The average Bonchev–Trinajstić information content (AvgIpc) is 2.88. The molecule has 1 aromatic carbocycles. The minimum atomic E-state index is -0.642. The van der Waals surface area contributed by atoms with E-state index in [0.717, 1.165) is 11.8 Å². The fraction of sp³-hybridized carbons (Fsp3) is 0.438. The number of hydrogen-bond donors (Lipinski definition) is 1. The Morgan fingerprint density at radius 1 is 1.32 bits per heavy atom. The summed E-state index contributed by atoms with van der Waals surface area (Å²) in [5.41, 5.74) is 1.49. The van der Waals surface area contributed by atoms with Crippen molar-refractivity contribution in [1.82, 2.24) is 14.3 Å². The van der Waals surface area contributed by atoms with Crippen LogP contribution in [0, 0.1) is 0 Å². The van der Waals surface area contributed by atoms with Crippen molar-refractivity contribution in [2.75, 3.05) is 0 Å². The molecule has 22 heavy (non-hydrogen) atoms. The molecule has 0 bridgehead atoms. The smallest absolute Gasteiger partial charge is 0.350 e. The highest BCUT2D eigenvalue weighted by Crippen LogP contribution is 2.14. The molecular formula is C16H21N3O3. The fourth-order valence-corrected chi connectivity index (χ4v) is 2.49. The zero-order valence-electron chi connectivity index (χ0n) is 12.8. The molecule has 0 saturated heterocycles. The number of aromatic nitrogens is 3. The average molecular weight is 303 g/mol. The number of nitrogens with zero attached hydrogens (tertiary/aromatic N) is 3. The molecule has 118 valence electrons. The summed E-state index contributed by atoms with van der Waals surface area (Å²) in [6.07, 6.45) is 3.52. The van der Waals surface area contributed by atoms with Gasteiger partial charge in [0.1, 0.15) is 12.6 Å². The molecule has 0 fully saturated rings. The summed E-state index contributed by atoms with van der Waals surface area (Å²) < 4.78 is 2.78. The number of rotatable bonds is 7. The quantitative estimate of drug-likeness (QED) is 0.786. The Kier molecular flexibility index (Phi) is 5.27. The number of carbonyl (C=O) groups is 1. The van der Waals surface area contributed by atoms with Crippen molar-refractivity contribution in [2.24, 2.45) is 0 Å². The molecule has 0 radical (unpaired) electrons. The summed E-state index contributed by atoms with van der Waals surface area (Å²) in [6.45, 7) is 3.56. The third kappa shape index (κ3) is 3.33. The maximum atomic E-state index is 12.4. The Hall–Kier alpha value is -2.21. The van der Waals surface area contributed by atoms with Crippen LogP contribution in [-0.4, -0.2) is 31.8 Å². The van der Waals surface area contributed by atoms with Gasteiger partial charge in [0.05, 0.1) is 17.8 Å². The van der Waals surface area contributed by atoms with Crippen LogP contribution >= 0.6 is 0 Å². The summed E-state index contributed by atoms with van der Waals surface area (Å²) in [5, 5.41) is 13.9. The lowest BCUT2D eigenvalue weighted by atomic mass is 10.1. The van der Waals surface area contributed by atoms with Crippen LogP contribution in [0.15, 0.2) is 35.4 Å². The Bertz CT molecular complexity index is 671. The normalized spacial score (nSPS) is 13.8. The molecule has 6 heteroatoms. The lowest BCUT2D eigenvalue weighted by Gasteiger charge is -2.16. The molecule has 0 aliphatic heterocycles. The Balaban J connectivity index is 2.28. The van der Waals surface area contributed by atoms with E-state index in [1.165, 1.54) is 15.6 Å². The summed E-state index contributed by atoms with van der Waals surface area (Å²) in [6, 6.07) is 7.12. The molecule has 2 unspecified atom stereocenters. The van der Waals surface area contributed by atoms with E-state index in [0.29, 0.717) is 24.9 Å². The Labute approximate surface area is 129 Å². The van der Waals surface area contributed by atoms with E-state index in [2.05, 4.69) is 5.10 Å². The standard InChI is InChI=1S/C16H21N3O3/c1-3-15(12(2)21)19-16(22)18(11-17-19)14-8-6-13(7-9-14)5-4-10-20/h6-12,15,21H,3-5H2,1-2H3. The zero-order chi connectivity index (χ0) is 16.1. The predicted octanol–water partition coefficient (Wildman–Crippen LogP) is 1.50. The number of aliphatic hydroxyl groups excluding tert-OH is 1. The van der Waals surface area contributed by atoms with E-state index in [1.807, 2.05) is 31.2 Å². The van der Waals surface area contributed by atoms with Crippen molar-refractivity contribution in [1.29, 1.82) is 0 Å². The second kappa shape index (κ2) is 7.17. The van der Waals surface area contributed by atoms with Crippen LogP contribution in [0.1, 0.15) is 38.3 Å². The first kappa shape index (κ1) is 16.2. The maximum absolute atomic E-state index is 12.4. The van der Waals surface area contributed by atoms with Gasteiger partial charge in [-0.2, -0.15) is 5.10 Å². The maximum Gasteiger partial charge on any atom is 0.350 e. The van der Waals surface area contributed by atoms with Crippen LogP contribution in [0.5, 0.6) is 0 Å². The first-order chi connectivity index (χ1) is 10.6. The molecule has 2 rings (SSSR count). The highest BCUT2D eigenvalue weighted by Gasteiger charge is 2.19. The minimum Gasteiger partial charge on any atom is -0.391 e. The van der Waals surface area contributed by atoms with Crippen molar-refractivity contribution in [3.05, 3.63) is 46.6 Å². The van der Waals surface area contributed by atoms with Gasteiger partial charge >= 0.3 is 5.69 Å². The molecule has 6 nitrogen and oxygen atoms in total. The van der Waals surface area contributed by atoms with Gasteiger partial charge in [0, 0.05) is 6.42 Å². The third-order valence-corrected chi connectivity index (χ3v) is 3.75. The van der Waals surface area contributed by atoms with Crippen molar-refractivity contribution < 1.29 is 9.90 Å². The molecular weight excluding hydrogens is 282 g/mol. The Morgan fingerprint density at radius 2 is 2.00 bits per heavy atom. The van der Waals surface area contributed by atoms with Gasteiger partial charge in [0.2, 0.25) is 0 Å². The van der Waals surface area contributed by atoms with Gasteiger partial charge in [-0.3, -0.25) is 0 Å². The van der Waals surface area contributed by atoms with Crippen molar-refractivity contribution in [3.63, 3.8) is 0 Å². The first-order valence-electron chi connectivity index (χ1n) is 7.45. The lowest BCUT2D eigenvalue weighted by Crippen LogP contribution is -2.32. The van der Waals surface area contributed by atoms with E-state index in [4.69, 9.17) is 0 Å². The molecule has 0 spiro atoms. The predicted molar refractivity (Wildman–Crippen MR) is 83.2 cm³/mol. The Morgan fingerprint density at radius 3 is 2.55 bits per heavy atom.